The zero-order chi connectivity index (χ0) is 7.61. The smallest absolute Gasteiger partial charge is 0.191 e. The molecule has 0 aromatic heterocycles. The van der Waals surface area contributed by atoms with E-state index in [1.54, 1.807) is 6.08 Å². The second-order valence-corrected chi connectivity index (χ2v) is 3.46. The molecule has 10 heavy (non-hydrogen) atoms. The van der Waals surface area contributed by atoms with Gasteiger partial charge in [0.1, 0.15) is 0 Å². The number of nitrogens with two attached hydrogens (primary N) is 1. The van der Waals surface area contributed by atoms with Gasteiger partial charge in [0.05, 0.1) is 0 Å². The molecular weight excluding hydrogens is 145 g/mol. The van der Waals surface area contributed by atoms with Crippen molar-refractivity contribution in [3.05, 3.63) is 23.5 Å². The van der Waals surface area contributed by atoms with Crippen molar-refractivity contribution in [1.29, 1.82) is 0 Å². The maximum absolute atomic E-state index is 10.3. The summed E-state index contributed by atoms with van der Waals surface area (Å²) in [4.78, 5) is 0. The van der Waals surface area contributed by atoms with Gasteiger partial charge in [-0.05, 0) is 19.4 Å². The van der Waals surface area contributed by atoms with Crippen LogP contribution in [0, 0.1) is 0 Å². The van der Waals surface area contributed by atoms with Crippen LogP contribution in [-0.2, 0) is 4.57 Å². The molecule has 0 spiro atoms. The van der Waals surface area contributed by atoms with Crippen molar-refractivity contribution in [3.63, 3.8) is 0 Å². The Morgan fingerprint density at radius 3 is 2.90 bits per heavy atom. The number of rotatable bonds is 1. The van der Waals surface area contributed by atoms with Crippen LogP contribution >= 0.6 is 8.46 Å². The average molecular weight is 155 g/mol. The van der Waals surface area contributed by atoms with Crippen LogP contribution in [0.4, 0.5) is 0 Å². The highest BCUT2D eigenvalue weighted by Gasteiger charge is 2.15. The standard InChI is InChI=1S/C7H10NOP/c1-7(8)4-2-6(10-9)3-5-7/h2-4H,5,8H2,1H3. The molecule has 1 aliphatic rings. The average Bonchev–Trinajstić information content (AvgIpc) is 1.88. The quantitative estimate of drug-likeness (QED) is 0.587. The second-order valence-electron chi connectivity index (χ2n) is 2.76. The van der Waals surface area contributed by atoms with Crippen molar-refractivity contribution in [1.82, 2.24) is 0 Å². The molecule has 0 aromatic carbocycles. The first-order valence-electron chi connectivity index (χ1n) is 3.16. The van der Waals surface area contributed by atoms with Gasteiger partial charge in [-0.2, -0.15) is 0 Å². The van der Waals surface area contributed by atoms with E-state index in [0.717, 1.165) is 11.7 Å². The van der Waals surface area contributed by atoms with Gasteiger partial charge in [-0.1, -0.05) is 12.2 Å². The van der Waals surface area contributed by atoms with Crippen LogP contribution in [-0.4, -0.2) is 5.54 Å². The van der Waals surface area contributed by atoms with Crippen molar-refractivity contribution < 1.29 is 4.57 Å². The molecule has 0 heterocycles. The van der Waals surface area contributed by atoms with E-state index in [0.29, 0.717) is 0 Å². The summed E-state index contributed by atoms with van der Waals surface area (Å²) < 4.78 is 10.3. The molecule has 0 aromatic rings. The summed E-state index contributed by atoms with van der Waals surface area (Å²) in [5.41, 5.74) is 5.52. The molecule has 0 amide bonds. The summed E-state index contributed by atoms with van der Waals surface area (Å²) in [6, 6.07) is 0. The van der Waals surface area contributed by atoms with Crippen LogP contribution < -0.4 is 5.73 Å². The minimum absolute atomic E-state index is 0.0835. The molecule has 0 radical (unpaired) electrons. The summed E-state index contributed by atoms with van der Waals surface area (Å²) in [6.07, 6.45) is 6.36. The summed E-state index contributed by atoms with van der Waals surface area (Å²) in [7, 11) is 0.0835. The van der Waals surface area contributed by atoms with E-state index in [-0.39, 0.29) is 14.0 Å². The van der Waals surface area contributed by atoms with E-state index in [9.17, 15) is 4.57 Å². The molecule has 0 fully saturated rings. The monoisotopic (exact) mass is 155 g/mol. The molecule has 2 N–H and O–H groups in total. The predicted octanol–water partition coefficient (Wildman–Crippen LogP) is 1.84. The van der Waals surface area contributed by atoms with E-state index < -0.39 is 0 Å². The molecule has 0 saturated heterocycles. The van der Waals surface area contributed by atoms with E-state index in [1.807, 2.05) is 19.1 Å². The van der Waals surface area contributed by atoms with E-state index in [1.165, 1.54) is 0 Å². The third kappa shape index (κ3) is 1.76. The lowest BCUT2D eigenvalue weighted by atomic mass is 9.95. The fourth-order valence-corrected chi connectivity index (χ4v) is 1.11. The highest BCUT2D eigenvalue weighted by molar-refractivity contribution is 7.29. The van der Waals surface area contributed by atoms with Crippen molar-refractivity contribution in [2.45, 2.75) is 18.9 Å². The van der Waals surface area contributed by atoms with Crippen LogP contribution in [0.3, 0.4) is 0 Å². The van der Waals surface area contributed by atoms with Crippen molar-refractivity contribution in [2.75, 3.05) is 0 Å². The molecule has 1 aliphatic carbocycles. The van der Waals surface area contributed by atoms with Crippen LogP contribution in [0.5, 0.6) is 0 Å². The fourth-order valence-electron chi connectivity index (χ4n) is 0.804. The Morgan fingerprint density at radius 2 is 2.50 bits per heavy atom. The van der Waals surface area contributed by atoms with Crippen LogP contribution in [0.15, 0.2) is 23.5 Å². The van der Waals surface area contributed by atoms with Crippen LogP contribution in [0.25, 0.3) is 0 Å². The number of hydrogen-bond donors (Lipinski definition) is 1. The molecule has 3 heteroatoms. The third-order valence-corrected chi connectivity index (χ3v) is 2.03. The first kappa shape index (κ1) is 7.64. The SMILES string of the molecule is CC1(N)C=CC(P=O)=CC1. The van der Waals surface area contributed by atoms with Crippen molar-refractivity contribution in [2.24, 2.45) is 5.73 Å². The van der Waals surface area contributed by atoms with Gasteiger partial charge in [0.25, 0.3) is 0 Å². The first-order valence-corrected chi connectivity index (χ1v) is 3.97. The topological polar surface area (TPSA) is 43.1 Å². The highest BCUT2D eigenvalue weighted by Crippen LogP contribution is 2.23. The second kappa shape index (κ2) is 2.65. The maximum Gasteiger partial charge on any atom is 0.191 e. The van der Waals surface area contributed by atoms with E-state index in [2.05, 4.69) is 0 Å². The van der Waals surface area contributed by atoms with E-state index in [4.69, 9.17) is 5.73 Å². The summed E-state index contributed by atoms with van der Waals surface area (Å²) in [5.74, 6) is 0. The Balaban J connectivity index is 2.72. The highest BCUT2D eigenvalue weighted by atomic mass is 31.1. The lowest BCUT2D eigenvalue weighted by Gasteiger charge is -2.20. The Hall–Kier alpha value is -0.460. The molecular formula is C7H10NOP. The normalized spacial score (nSPS) is 32.4. The van der Waals surface area contributed by atoms with Crippen LogP contribution in [0.2, 0.25) is 0 Å². The minimum Gasteiger partial charge on any atom is -0.322 e. The first-order chi connectivity index (χ1) is 4.64. The van der Waals surface area contributed by atoms with E-state index >= 15 is 0 Å². The zero-order valence-corrected chi connectivity index (χ0v) is 6.77. The number of hydrogen-bond acceptors (Lipinski definition) is 2. The van der Waals surface area contributed by atoms with Gasteiger partial charge in [0.15, 0.2) is 8.46 Å². The zero-order valence-electron chi connectivity index (χ0n) is 5.87. The van der Waals surface area contributed by atoms with Crippen molar-refractivity contribution in [3.8, 4) is 0 Å². The maximum atomic E-state index is 10.3. The molecule has 54 valence electrons. The van der Waals surface area contributed by atoms with Gasteiger partial charge in [0.2, 0.25) is 0 Å². The third-order valence-electron chi connectivity index (χ3n) is 1.49. The fraction of sp³-hybridized carbons (Fsp3) is 0.429. The summed E-state index contributed by atoms with van der Waals surface area (Å²) in [6.45, 7) is 1.94. The molecule has 0 aliphatic heterocycles. The molecule has 0 saturated carbocycles. The van der Waals surface area contributed by atoms with Gasteiger partial charge in [-0.15, -0.1) is 0 Å². The minimum atomic E-state index is -0.242. The molecule has 0 bridgehead atoms. The Kier molecular flexibility index (Phi) is 2.02. The van der Waals surface area contributed by atoms with Crippen molar-refractivity contribution >= 4 is 8.46 Å². The van der Waals surface area contributed by atoms with Gasteiger partial charge in [0, 0.05) is 10.9 Å². The predicted molar refractivity (Wildman–Crippen MR) is 42.0 cm³/mol. The van der Waals surface area contributed by atoms with Gasteiger partial charge >= 0.3 is 0 Å². The van der Waals surface area contributed by atoms with Crippen LogP contribution in [0.1, 0.15) is 13.3 Å². The summed E-state index contributed by atoms with van der Waals surface area (Å²) >= 11 is 0. The molecule has 1 unspecified atom stereocenters. The Morgan fingerprint density at radius 1 is 1.80 bits per heavy atom. The molecule has 1 rings (SSSR count). The lowest BCUT2D eigenvalue weighted by molar-refractivity contribution is 0.585. The summed E-state index contributed by atoms with van der Waals surface area (Å²) in [5, 5.41) is 0.822. The largest absolute Gasteiger partial charge is 0.322 e. The molecule has 2 nitrogen and oxygen atoms in total. The number of allylic oxidation sites excluding steroid dienone is 2. The Bertz CT molecular complexity index is 206. The van der Waals surface area contributed by atoms with Gasteiger partial charge < -0.3 is 5.73 Å². The molecule has 1 atom stereocenters. The lowest BCUT2D eigenvalue weighted by Crippen LogP contribution is -2.33. The van der Waals surface area contributed by atoms with Gasteiger partial charge in [-0.25, -0.2) is 0 Å². The Labute approximate surface area is 62.0 Å². The van der Waals surface area contributed by atoms with Gasteiger partial charge in [-0.3, -0.25) is 4.57 Å².